The van der Waals surface area contributed by atoms with E-state index in [2.05, 4.69) is 10.5 Å². The molecule has 0 aliphatic carbocycles. The number of hydrogen-bond donors (Lipinski definition) is 1. The van der Waals surface area contributed by atoms with Gasteiger partial charge in [0.15, 0.2) is 9.84 Å². The molecule has 6 heteroatoms. The van der Waals surface area contributed by atoms with Crippen LogP contribution < -0.4 is 5.43 Å². The van der Waals surface area contributed by atoms with Crippen LogP contribution in [0.15, 0.2) is 35.4 Å². The molecule has 0 amide bonds. The second kappa shape index (κ2) is 7.29. The van der Waals surface area contributed by atoms with E-state index in [0.29, 0.717) is 12.3 Å². The van der Waals surface area contributed by atoms with Crippen LogP contribution in [0.1, 0.15) is 12.5 Å². The van der Waals surface area contributed by atoms with Crippen LogP contribution in [0.3, 0.4) is 0 Å². The Bertz CT molecular complexity index is 458. The van der Waals surface area contributed by atoms with Gasteiger partial charge < -0.3 is 5.43 Å². The Labute approximate surface area is 108 Å². The minimum absolute atomic E-state index is 0. The molecule has 1 N–H and O–H groups in total. The molecular formula is C11H17ClN2O2S. The Hall–Kier alpha value is -1.07. The molecule has 0 fully saturated rings. The minimum atomic E-state index is -2.99. The molecule has 0 aromatic heterocycles. The highest BCUT2D eigenvalue weighted by molar-refractivity contribution is 7.91. The summed E-state index contributed by atoms with van der Waals surface area (Å²) < 4.78 is 21.9. The van der Waals surface area contributed by atoms with Gasteiger partial charge in [-0.1, -0.05) is 30.3 Å². The average Bonchev–Trinajstić information content (AvgIpc) is 2.16. The molecule has 4 nitrogen and oxygen atoms in total. The zero-order valence-corrected chi connectivity index (χ0v) is 11.5. The summed E-state index contributed by atoms with van der Waals surface area (Å²) in [5.74, 6) is -0.00517. The lowest BCUT2D eigenvalue weighted by atomic mass is 10.2. The minimum Gasteiger partial charge on any atom is -0.306 e. The van der Waals surface area contributed by atoms with Crippen molar-refractivity contribution in [1.82, 2.24) is 5.43 Å². The first-order valence-electron chi connectivity index (χ1n) is 4.95. The van der Waals surface area contributed by atoms with E-state index in [1.54, 1.807) is 6.92 Å². The molecule has 17 heavy (non-hydrogen) atoms. The summed E-state index contributed by atoms with van der Waals surface area (Å²) in [7, 11) is -2.99. The third kappa shape index (κ3) is 7.76. The van der Waals surface area contributed by atoms with Gasteiger partial charge in [0.2, 0.25) is 0 Å². The van der Waals surface area contributed by atoms with Crippen molar-refractivity contribution in [2.24, 2.45) is 5.10 Å². The van der Waals surface area contributed by atoms with Gasteiger partial charge in [0.1, 0.15) is 0 Å². The van der Waals surface area contributed by atoms with Gasteiger partial charge >= 0.3 is 0 Å². The van der Waals surface area contributed by atoms with Crippen molar-refractivity contribution < 1.29 is 8.42 Å². The number of hydrazone groups is 1. The maximum absolute atomic E-state index is 11.0. The second-order valence-corrected chi connectivity index (χ2v) is 5.88. The third-order valence-electron chi connectivity index (χ3n) is 1.87. The van der Waals surface area contributed by atoms with Crippen LogP contribution in [0.2, 0.25) is 0 Å². The largest absolute Gasteiger partial charge is 0.306 e. The topological polar surface area (TPSA) is 58.5 Å². The number of hydrogen-bond acceptors (Lipinski definition) is 4. The molecule has 0 radical (unpaired) electrons. The lowest BCUT2D eigenvalue weighted by Gasteiger charge is -2.02. The van der Waals surface area contributed by atoms with E-state index < -0.39 is 9.84 Å². The van der Waals surface area contributed by atoms with Crippen LogP contribution in [0.5, 0.6) is 0 Å². The highest BCUT2D eigenvalue weighted by Gasteiger charge is 2.03. The molecule has 0 saturated carbocycles. The Kier molecular flexibility index (Phi) is 6.83. The van der Waals surface area contributed by atoms with Crippen LogP contribution in [0.4, 0.5) is 0 Å². The highest BCUT2D eigenvalue weighted by atomic mass is 35.5. The fourth-order valence-electron chi connectivity index (χ4n) is 1.27. The summed E-state index contributed by atoms with van der Waals surface area (Å²) in [6.07, 6.45) is 1.20. The molecule has 96 valence electrons. The fourth-order valence-corrected chi connectivity index (χ4v) is 2.10. The van der Waals surface area contributed by atoms with Crippen molar-refractivity contribution in [3.8, 4) is 0 Å². The van der Waals surface area contributed by atoms with Gasteiger partial charge in [0, 0.05) is 12.0 Å². The van der Waals surface area contributed by atoms with Gasteiger partial charge in [-0.15, -0.1) is 12.4 Å². The lowest BCUT2D eigenvalue weighted by molar-refractivity contribution is 0.605. The lowest BCUT2D eigenvalue weighted by Crippen LogP contribution is -2.15. The SMILES string of the molecule is CC(CS(C)(=O)=O)=NNCc1ccccc1.Cl. The molecule has 0 aliphatic heterocycles. The van der Waals surface area contributed by atoms with Crippen LogP contribution in [-0.4, -0.2) is 26.1 Å². The van der Waals surface area contributed by atoms with Crippen molar-refractivity contribution in [1.29, 1.82) is 0 Å². The average molecular weight is 277 g/mol. The zero-order valence-electron chi connectivity index (χ0n) is 9.88. The molecule has 1 rings (SSSR count). The summed E-state index contributed by atoms with van der Waals surface area (Å²) in [4.78, 5) is 0. The first-order chi connectivity index (χ1) is 7.47. The van der Waals surface area contributed by atoms with Crippen LogP contribution in [0.25, 0.3) is 0 Å². The van der Waals surface area contributed by atoms with Gasteiger partial charge in [0.05, 0.1) is 12.3 Å². The first kappa shape index (κ1) is 15.9. The Morgan fingerprint density at radius 3 is 2.41 bits per heavy atom. The standard InChI is InChI=1S/C11H16N2O2S.ClH/c1-10(9-16(2,14)15)13-12-8-11-6-4-3-5-7-11;/h3-7,12H,8-9H2,1-2H3;1H. The van der Waals surface area contributed by atoms with E-state index in [-0.39, 0.29) is 18.2 Å². The Morgan fingerprint density at radius 2 is 1.88 bits per heavy atom. The number of halogens is 1. The van der Waals surface area contributed by atoms with Crippen LogP contribution in [0, 0.1) is 0 Å². The summed E-state index contributed by atoms with van der Waals surface area (Å²) in [5.41, 5.74) is 4.53. The van der Waals surface area contributed by atoms with E-state index in [0.717, 1.165) is 5.56 Å². The highest BCUT2D eigenvalue weighted by Crippen LogP contribution is 1.97. The predicted molar refractivity (Wildman–Crippen MR) is 73.3 cm³/mol. The Morgan fingerprint density at radius 1 is 1.29 bits per heavy atom. The molecule has 0 saturated heterocycles. The number of nitrogens with zero attached hydrogens (tertiary/aromatic N) is 1. The van der Waals surface area contributed by atoms with E-state index in [9.17, 15) is 8.42 Å². The number of benzene rings is 1. The monoisotopic (exact) mass is 276 g/mol. The van der Waals surface area contributed by atoms with Crippen molar-refractivity contribution >= 4 is 28.0 Å². The number of rotatable bonds is 5. The molecule has 1 aromatic carbocycles. The Balaban J connectivity index is 0.00000256. The van der Waals surface area contributed by atoms with Crippen molar-refractivity contribution in [2.45, 2.75) is 13.5 Å². The van der Waals surface area contributed by atoms with Gasteiger partial charge in [-0.05, 0) is 12.5 Å². The van der Waals surface area contributed by atoms with Crippen molar-refractivity contribution in [2.75, 3.05) is 12.0 Å². The van der Waals surface area contributed by atoms with Gasteiger partial charge in [0.25, 0.3) is 0 Å². The smallest absolute Gasteiger partial charge is 0.152 e. The molecular weight excluding hydrogens is 260 g/mol. The molecule has 1 aromatic rings. The first-order valence-corrected chi connectivity index (χ1v) is 7.01. The fraction of sp³-hybridized carbons (Fsp3) is 0.364. The third-order valence-corrected chi connectivity index (χ3v) is 2.81. The summed E-state index contributed by atoms with van der Waals surface area (Å²) in [6, 6.07) is 9.80. The number of sulfone groups is 1. The number of nitrogens with one attached hydrogen (secondary N) is 1. The summed E-state index contributed by atoms with van der Waals surface area (Å²) >= 11 is 0. The van der Waals surface area contributed by atoms with Gasteiger partial charge in [-0.25, -0.2) is 8.42 Å². The normalized spacial score (nSPS) is 11.8. The molecule has 0 unspecified atom stereocenters. The van der Waals surface area contributed by atoms with E-state index in [1.165, 1.54) is 6.26 Å². The van der Waals surface area contributed by atoms with Crippen LogP contribution in [-0.2, 0) is 16.4 Å². The van der Waals surface area contributed by atoms with Gasteiger partial charge in [-0.2, -0.15) is 5.10 Å². The van der Waals surface area contributed by atoms with E-state index >= 15 is 0 Å². The zero-order chi connectivity index (χ0) is 12.0. The summed E-state index contributed by atoms with van der Waals surface area (Å²) in [5, 5.41) is 3.99. The van der Waals surface area contributed by atoms with Crippen molar-refractivity contribution in [3.63, 3.8) is 0 Å². The maximum atomic E-state index is 11.0. The molecule has 0 atom stereocenters. The predicted octanol–water partition coefficient (Wildman–Crippen LogP) is 1.62. The van der Waals surface area contributed by atoms with E-state index in [1.807, 2.05) is 30.3 Å². The van der Waals surface area contributed by atoms with E-state index in [4.69, 9.17) is 0 Å². The quantitative estimate of drug-likeness (QED) is 0.657. The second-order valence-electron chi connectivity index (χ2n) is 3.74. The van der Waals surface area contributed by atoms with Crippen LogP contribution >= 0.6 is 12.4 Å². The van der Waals surface area contributed by atoms with Crippen molar-refractivity contribution in [3.05, 3.63) is 35.9 Å². The molecule has 0 bridgehead atoms. The molecule has 0 aliphatic rings. The summed E-state index contributed by atoms with van der Waals surface area (Å²) in [6.45, 7) is 2.29. The molecule has 0 spiro atoms. The maximum Gasteiger partial charge on any atom is 0.152 e. The molecule has 0 heterocycles. The van der Waals surface area contributed by atoms with Gasteiger partial charge in [-0.3, -0.25) is 0 Å².